The molecule has 1 unspecified atom stereocenters. The zero-order chi connectivity index (χ0) is 13.0. The molecule has 0 bridgehead atoms. The van der Waals surface area contributed by atoms with Crippen molar-refractivity contribution >= 4 is 0 Å². The van der Waals surface area contributed by atoms with Gasteiger partial charge in [0.15, 0.2) is 0 Å². The highest BCUT2D eigenvalue weighted by molar-refractivity contribution is 4.79. The quantitative estimate of drug-likeness (QED) is 0.809. The molecule has 1 aliphatic carbocycles. The SMILES string of the molecule is CC1CCC(NCCN2CCC(C(C)C)C2)CC1. The largest absolute Gasteiger partial charge is 0.313 e. The first kappa shape index (κ1) is 14.3. The molecule has 2 rings (SSSR count). The van der Waals surface area contributed by atoms with Crippen LogP contribution in [0.1, 0.15) is 52.9 Å². The lowest BCUT2D eigenvalue weighted by atomic mass is 9.87. The zero-order valence-electron chi connectivity index (χ0n) is 12.6. The van der Waals surface area contributed by atoms with Gasteiger partial charge in [-0.3, -0.25) is 0 Å². The second kappa shape index (κ2) is 6.91. The average molecular weight is 252 g/mol. The molecule has 0 radical (unpaired) electrons. The topological polar surface area (TPSA) is 15.3 Å². The summed E-state index contributed by atoms with van der Waals surface area (Å²) in [7, 11) is 0. The summed E-state index contributed by atoms with van der Waals surface area (Å²) in [5.74, 6) is 2.77. The molecule has 0 amide bonds. The maximum absolute atomic E-state index is 3.77. The van der Waals surface area contributed by atoms with E-state index >= 15 is 0 Å². The molecule has 2 aliphatic rings. The summed E-state index contributed by atoms with van der Waals surface area (Å²) >= 11 is 0. The molecule has 2 fully saturated rings. The molecule has 1 aliphatic heterocycles. The highest BCUT2D eigenvalue weighted by Gasteiger charge is 2.24. The molecule has 1 atom stereocenters. The van der Waals surface area contributed by atoms with Crippen molar-refractivity contribution in [2.75, 3.05) is 26.2 Å². The van der Waals surface area contributed by atoms with E-state index in [0.29, 0.717) is 0 Å². The summed E-state index contributed by atoms with van der Waals surface area (Å²) in [6.07, 6.45) is 7.07. The lowest BCUT2D eigenvalue weighted by molar-refractivity contribution is 0.272. The van der Waals surface area contributed by atoms with Crippen LogP contribution in [0, 0.1) is 17.8 Å². The fraction of sp³-hybridized carbons (Fsp3) is 1.00. The molecular formula is C16H32N2. The van der Waals surface area contributed by atoms with Gasteiger partial charge in [0.25, 0.3) is 0 Å². The van der Waals surface area contributed by atoms with Crippen LogP contribution in [0.25, 0.3) is 0 Å². The van der Waals surface area contributed by atoms with E-state index in [4.69, 9.17) is 0 Å². The average Bonchev–Trinajstić information content (AvgIpc) is 2.81. The number of nitrogens with zero attached hydrogens (tertiary/aromatic N) is 1. The van der Waals surface area contributed by atoms with Gasteiger partial charge in [-0.2, -0.15) is 0 Å². The van der Waals surface area contributed by atoms with Gasteiger partial charge in [0.05, 0.1) is 0 Å². The number of likely N-dealkylation sites (tertiary alicyclic amines) is 1. The van der Waals surface area contributed by atoms with Crippen molar-refractivity contribution in [2.24, 2.45) is 17.8 Å². The summed E-state index contributed by atoms with van der Waals surface area (Å²) in [6.45, 7) is 12.3. The van der Waals surface area contributed by atoms with E-state index in [9.17, 15) is 0 Å². The Balaban J connectivity index is 1.56. The Labute approximate surface area is 114 Å². The fourth-order valence-electron chi connectivity index (χ4n) is 3.50. The third-order valence-corrected chi connectivity index (χ3v) is 5.13. The molecule has 1 saturated carbocycles. The van der Waals surface area contributed by atoms with Crippen LogP contribution in [0.4, 0.5) is 0 Å². The van der Waals surface area contributed by atoms with E-state index in [2.05, 4.69) is 31.0 Å². The van der Waals surface area contributed by atoms with Crippen molar-refractivity contribution in [3.8, 4) is 0 Å². The lowest BCUT2D eigenvalue weighted by Gasteiger charge is -2.28. The van der Waals surface area contributed by atoms with E-state index in [0.717, 1.165) is 23.8 Å². The van der Waals surface area contributed by atoms with E-state index in [1.54, 1.807) is 0 Å². The van der Waals surface area contributed by atoms with Gasteiger partial charge in [0.2, 0.25) is 0 Å². The second-order valence-electron chi connectivity index (χ2n) is 7.00. The van der Waals surface area contributed by atoms with Gasteiger partial charge in [-0.25, -0.2) is 0 Å². The zero-order valence-corrected chi connectivity index (χ0v) is 12.6. The molecular weight excluding hydrogens is 220 g/mol. The minimum absolute atomic E-state index is 0.810. The predicted molar refractivity (Wildman–Crippen MR) is 78.8 cm³/mol. The highest BCUT2D eigenvalue weighted by Crippen LogP contribution is 2.24. The van der Waals surface area contributed by atoms with Gasteiger partial charge >= 0.3 is 0 Å². The minimum Gasteiger partial charge on any atom is -0.313 e. The Kier molecular flexibility index (Phi) is 5.50. The lowest BCUT2D eigenvalue weighted by Crippen LogP contribution is -2.38. The maximum Gasteiger partial charge on any atom is 0.0107 e. The summed E-state index contributed by atoms with van der Waals surface area (Å²) in [5, 5.41) is 3.77. The van der Waals surface area contributed by atoms with Crippen LogP contribution in [0.5, 0.6) is 0 Å². The molecule has 18 heavy (non-hydrogen) atoms. The first-order valence-corrected chi connectivity index (χ1v) is 8.11. The van der Waals surface area contributed by atoms with Crippen LogP contribution in [0.3, 0.4) is 0 Å². The molecule has 0 aromatic carbocycles. The normalized spacial score (nSPS) is 34.3. The smallest absolute Gasteiger partial charge is 0.0107 e. The number of hydrogen-bond donors (Lipinski definition) is 1. The van der Waals surface area contributed by atoms with Crippen molar-refractivity contribution in [3.63, 3.8) is 0 Å². The highest BCUT2D eigenvalue weighted by atomic mass is 15.2. The third-order valence-electron chi connectivity index (χ3n) is 5.13. The van der Waals surface area contributed by atoms with Gasteiger partial charge in [-0.1, -0.05) is 20.8 Å². The number of nitrogens with one attached hydrogen (secondary N) is 1. The standard InChI is InChI=1S/C16H32N2/c1-13(2)15-8-10-18(12-15)11-9-17-16-6-4-14(3)5-7-16/h13-17H,4-12H2,1-3H3. The Bertz CT molecular complexity index is 231. The van der Waals surface area contributed by atoms with Crippen LogP contribution < -0.4 is 5.32 Å². The van der Waals surface area contributed by atoms with Crippen LogP contribution in [-0.2, 0) is 0 Å². The van der Waals surface area contributed by atoms with Crippen molar-refractivity contribution in [1.29, 1.82) is 0 Å². The van der Waals surface area contributed by atoms with Crippen molar-refractivity contribution < 1.29 is 0 Å². The van der Waals surface area contributed by atoms with Gasteiger partial charge in [-0.15, -0.1) is 0 Å². The summed E-state index contributed by atoms with van der Waals surface area (Å²) in [4.78, 5) is 2.66. The predicted octanol–water partition coefficient (Wildman–Crippen LogP) is 3.13. The second-order valence-corrected chi connectivity index (χ2v) is 7.00. The summed E-state index contributed by atoms with van der Waals surface area (Å²) in [6, 6.07) is 0.810. The monoisotopic (exact) mass is 252 g/mol. The minimum atomic E-state index is 0.810. The van der Waals surface area contributed by atoms with Gasteiger partial charge in [0.1, 0.15) is 0 Å². The van der Waals surface area contributed by atoms with Crippen LogP contribution in [-0.4, -0.2) is 37.1 Å². The Hall–Kier alpha value is -0.0800. The van der Waals surface area contributed by atoms with E-state index in [1.807, 2.05) is 0 Å². The van der Waals surface area contributed by atoms with Gasteiger partial charge in [-0.05, 0) is 56.4 Å². The molecule has 1 heterocycles. The van der Waals surface area contributed by atoms with E-state index < -0.39 is 0 Å². The molecule has 0 spiro atoms. The molecule has 106 valence electrons. The van der Waals surface area contributed by atoms with E-state index in [1.165, 1.54) is 58.3 Å². The molecule has 1 saturated heterocycles. The van der Waals surface area contributed by atoms with Gasteiger partial charge < -0.3 is 10.2 Å². The maximum atomic E-state index is 3.77. The molecule has 2 heteroatoms. The van der Waals surface area contributed by atoms with Crippen molar-refractivity contribution in [2.45, 2.75) is 58.9 Å². The number of rotatable bonds is 5. The van der Waals surface area contributed by atoms with Gasteiger partial charge in [0, 0.05) is 25.7 Å². The van der Waals surface area contributed by atoms with Crippen molar-refractivity contribution in [1.82, 2.24) is 10.2 Å². The molecule has 1 N–H and O–H groups in total. The fourth-order valence-corrected chi connectivity index (χ4v) is 3.50. The van der Waals surface area contributed by atoms with Crippen molar-refractivity contribution in [3.05, 3.63) is 0 Å². The molecule has 0 aromatic rings. The Morgan fingerprint density at radius 2 is 1.83 bits per heavy atom. The Morgan fingerprint density at radius 3 is 2.44 bits per heavy atom. The first-order chi connectivity index (χ1) is 8.65. The Morgan fingerprint density at radius 1 is 1.11 bits per heavy atom. The van der Waals surface area contributed by atoms with E-state index in [-0.39, 0.29) is 0 Å². The number of hydrogen-bond acceptors (Lipinski definition) is 2. The summed E-state index contributed by atoms with van der Waals surface area (Å²) in [5.41, 5.74) is 0. The summed E-state index contributed by atoms with van der Waals surface area (Å²) < 4.78 is 0. The van der Waals surface area contributed by atoms with Crippen LogP contribution >= 0.6 is 0 Å². The molecule has 2 nitrogen and oxygen atoms in total. The van der Waals surface area contributed by atoms with Crippen LogP contribution in [0.15, 0.2) is 0 Å². The third kappa shape index (κ3) is 4.24. The van der Waals surface area contributed by atoms with Crippen LogP contribution in [0.2, 0.25) is 0 Å². The first-order valence-electron chi connectivity index (χ1n) is 8.11. The molecule has 0 aromatic heterocycles.